The maximum Gasteiger partial charge on any atom is 0.242 e. The van der Waals surface area contributed by atoms with Gasteiger partial charge in [0, 0.05) is 26.1 Å². The average Bonchev–Trinajstić information content (AvgIpc) is 3.18. The molecule has 0 saturated heterocycles. The van der Waals surface area contributed by atoms with E-state index in [0.717, 1.165) is 12.8 Å². The lowest BCUT2D eigenvalue weighted by Crippen LogP contribution is -2.23. The van der Waals surface area contributed by atoms with Crippen molar-refractivity contribution >= 4 is 21.4 Å². The lowest BCUT2D eigenvalue weighted by molar-refractivity contribution is 0.220. The smallest absolute Gasteiger partial charge is 0.242 e. The van der Waals surface area contributed by atoms with E-state index in [1.54, 1.807) is 6.07 Å². The number of hydrogen-bond acceptors (Lipinski definition) is 5. The summed E-state index contributed by atoms with van der Waals surface area (Å²) in [6, 6.07) is 4.62. The van der Waals surface area contributed by atoms with Crippen molar-refractivity contribution in [2.24, 2.45) is 5.41 Å². The summed E-state index contributed by atoms with van der Waals surface area (Å²) < 4.78 is 25.3. The average molecular weight is 299 g/mol. The topological polar surface area (TPSA) is 95.7 Å². The summed E-state index contributed by atoms with van der Waals surface area (Å²) in [5.74, 6) is 0. The number of sulfonamides is 1. The van der Waals surface area contributed by atoms with Crippen LogP contribution in [0.5, 0.6) is 0 Å². The number of anilines is 2. The summed E-state index contributed by atoms with van der Waals surface area (Å²) in [5, 5.41) is 12.4. The minimum atomic E-state index is -3.47. The standard InChI is InChI=1S/C13H21N3O3S/c1-16(2)20(18,19)10-3-4-11(14)12(7-10)15-8-13(9-17)5-6-13/h3-4,7,15,17H,5-6,8-9,14H2,1-2H3. The first-order valence-electron chi connectivity index (χ1n) is 6.48. The van der Waals surface area contributed by atoms with E-state index in [9.17, 15) is 13.5 Å². The third-order valence-electron chi connectivity index (χ3n) is 3.75. The second-order valence-electron chi connectivity index (χ2n) is 5.55. The van der Waals surface area contributed by atoms with E-state index in [-0.39, 0.29) is 16.9 Å². The van der Waals surface area contributed by atoms with Gasteiger partial charge in [-0.2, -0.15) is 0 Å². The monoisotopic (exact) mass is 299 g/mol. The number of benzene rings is 1. The third kappa shape index (κ3) is 2.89. The van der Waals surface area contributed by atoms with Crippen LogP contribution < -0.4 is 11.1 Å². The maximum atomic E-state index is 12.1. The van der Waals surface area contributed by atoms with Crippen molar-refractivity contribution in [3.05, 3.63) is 18.2 Å². The molecular formula is C13H21N3O3S. The van der Waals surface area contributed by atoms with Gasteiger partial charge in [-0.3, -0.25) is 0 Å². The highest BCUT2D eigenvalue weighted by Crippen LogP contribution is 2.45. The molecule has 1 fully saturated rings. The lowest BCUT2D eigenvalue weighted by Gasteiger charge is -2.17. The molecule has 0 bridgehead atoms. The molecule has 4 N–H and O–H groups in total. The zero-order chi connectivity index (χ0) is 15.0. The van der Waals surface area contributed by atoms with Crippen molar-refractivity contribution in [1.29, 1.82) is 0 Å². The Bertz CT molecular complexity index is 595. The van der Waals surface area contributed by atoms with Gasteiger partial charge in [0.15, 0.2) is 0 Å². The molecule has 7 heteroatoms. The van der Waals surface area contributed by atoms with E-state index in [0.29, 0.717) is 17.9 Å². The SMILES string of the molecule is CN(C)S(=O)(=O)c1ccc(N)c(NCC2(CO)CC2)c1. The van der Waals surface area contributed by atoms with E-state index in [2.05, 4.69) is 5.32 Å². The van der Waals surface area contributed by atoms with Gasteiger partial charge in [0.1, 0.15) is 0 Å². The van der Waals surface area contributed by atoms with E-state index < -0.39 is 10.0 Å². The van der Waals surface area contributed by atoms with Gasteiger partial charge in [-0.15, -0.1) is 0 Å². The number of aliphatic hydroxyl groups is 1. The van der Waals surface area contributed by atoms with Gasteiger partial charge in [0.05, 0.1) is 22.9 Å². The first-order chi connectivity index (χ1) is 9.31. The van der Waals surface area contributed by atoms with Crippen LogP contribution >= 0.6 is 0 Å². The molecule has 0 heterocycles. The van der Waals surface area contributed by atoms with E-state index in [1.165, 1.54) is 30.5 Å². The first-order valence-corrected chi connectivity index (χ1v) is 7.92. The molecule has 112 valence electrons. The fraction of sp³-hybridized carbons (Fsp3) is 0.538. The summed E-state index contributed by atoms with van der Waals surface area (Å²) >= 11 is 0. The molecule has 6 nitrogen and oxygen atoms in total. The minimum absolute atomic E-state index is 0.0666. The Labute approximate surface area is 119 Å². The minimum Gasteiger partial charge on any atom is -0.397 e. The van der Waals surface area contributed by atoms with Crippen LogP contribution in [0.25, 0.3) is 0 Å². The van der Waals surface area contributed by atoms with Crippen LogP contribution in [0.2, 0.25) is 0 Å². The van der Waals surface area contributed by atoms with Gasteiger partial charge < -0.3 is 16.2 Å². The normalized spacial score (nSPS) is 17.2. The third-order valence-corrected chi connectivity index (χ3v) is 5.56. The Balaban J connectivity index is 2.21. The van der Waals surface area contributed by atoms with Crippen LogP contribution in [0.3, 0.4) is 0 Å². The van der Waals surface area contributed by atoms with Gasteiger partial charge in [-0.1, -0.05) is 0 Å². The highest BCUT2D eigenvalue weighted by Gasteiger charge is 2.41. The summed E-state index contributed by atoms with van der Waals surface area (Å²) in [6.07, 6.45) is 1.96. The number of nitrogens with one attached hydrogen (secondary N) is 1. The predicted molar refractivity (Wildman–Crippen MR) is 79.0 cm³/mol. The van der Waals surface area contributed by atoms with Crippen molar-refractivity contribution in [2.45, 2.75) is 17.7 Å². The Kier molecular flexibility index (Phi) is 3.95. The molecule has 0 unspecified atom stereocenters. The Morgan fingerprint density at radius 2 is 2.05 bits per heavy atom. The van der Waals surface area contributed by atoms with Crippen molar-refractivity contribution in [1.82, 2.24) is 4.31 Å². The highest BCUT2D eigenvalue weighted by atomic mass is 32.2. The molecule has 1 aromatic carbocycles. The van der Waals surface area contributed by atoms with Crippen LogP contribution in [0, 0.1) is 5.41 Å². The van der Waals surface area contributed by atoms with Gasteiger partial charge in [-0.05, 0) is 31.0 Å². The number of nitrogens with two attached hydrogens (primary N) is 1. The van der Waals surface area contributed by atoms with Gasteiger partial charge in [0.25, 0.3) is 0 Å². The lowest BCUT2D eigenvalue weighted by atomic mass is 10.1. The zero-order valence-electron chi connectivity index (χ0n) is 11.8. The molecule has 20 heavy (non-hydrogen) atoms. The molecular weight excluding hydrogens is 278 g/mol. The second-order valence-corrected chi connectivity index (χ2v) is 7.70. The number of hydrogen-bond donors (Lipinski definition) is 3. The van der Waals surface area contributed by atoms with Crippen LogP contribution in [0.4, 0.5) is 11.4 Å². The molecule has 0 spiro atoms. The number of rotatable bonds is 6. The number of nitrogens with zero attached hydrogens (tertiary/aromatic N) is 1. The summed E-state index contributed by atoms with van der Waals surface area (Å²) in [7, 11) is -0.492. The zero-order valence-corrected chi connectivity index (χ0v) is 12.6. The van der Waals surface area contributed by atoms with Crippen molar-refractivity contribution < 1.29 is 13.5 Å². The second kappa shape index (κ2) is 5.23. The van der Waals surface area contributed by atoms with E-state index in [1.807, 2.05) is 0 Å². The van der Waals surface area contributed by atoms with Gasteiger partial charge in [-0.25, -0.2) is 12.7 Å². The fourth-order valence-electron chi connectivity index (χ4n) is 1.91. The quantitative estimate of drug-likeness (QED) is 0.672. The van der Waals surface area contributed by atoms with Crippen LogP contribution in [0.15, 0.2) is 23.1 Å². The van der Waals surface area contributed by atoms with E-state index in [4.69, 9.17) is 5.73 Å². The fourth-order valence-corrected chi connectivity index (χ4v) is 2.84. The van der Waals surface area contributed by atoms with Gasteiger partial charge in [0.2, 0.25) is 10.0 Å². The molecule has 1 saturated carbocycles. The molecule has 1 aromatic rings. The molecule has 0 radical (unpaired) electrons. The van der Waals surface area contributed by atoms with Crippen LogP contribution in [-0.2, 0) is 10.0 Å². The maximum absolute atomic E-state index is 12.1. The Hall–Kier alpha value is -1.31. The Morgan fingerprint density at radius 1 is 1.40 bits per heavy atom. The van der Waals surface area contributed by atoms with E-state index >= 15 is 0 Å². The van der Waals surface area contributed by atoms with Crippen LogP contribution in [0.1, 0.15) is 12.8 Å². The first kappa shape index (κ1) is 15.1. The van der Waals surface area contributed by atoms with Crippen molar-refractivity contribution in [3.63, 3.8) is 0 Å². The molecule has 2 rings (SSSR count). The molecule has 0 atom stereocenters. The summed E-state index contributed by atoms with van der Waals surface area (Å²) in [5.41, 5.74) is 6.89. The largest absolute Gasteiger partial charge is 0.397 e. The highest BCUT2D eigenvalue weighted by molar-refractivity contribution is 7.89. The predicted octanol–water partition coefficient (Wildman–Crippen LogP) is 0.703. The summed E-state index contributed by atoms with van der Waals surface area (Å²) in [4.78, 5) is 0.202. The van der Waals surface area contributed by atoms with Crippen LogP contribution in [-0.4, -0.2) is 45.1 Å². The molecule has 1 aliphatic carbocycles. The van der Waals surface area contributed by atoms with Gasteiger partial charge >= 0.3 is 0 Å². The number of aliphatic hydroxyl groups excluding tert-OH is 1. The van der Waals surface area contributed by atoms with Crippen molar-refractivity contribution in [2.75, 3.05) is 38.3 Å². The number of nitrogen functional groups attached to an aromatic ring is 1. The Morgan fingerprint density at radius 3 is 2.55 bits per heavy atom. The molecule has 1 aliphatic rings. The summed E-state index contributed by atoms with van der Waals surface area (Å²) in [6.45, 7) is 0.731. The molecule has 0 aliphatic heterocycles. The molecule has 0 aromatic heterocycles. The molecule has 0 amide bonds. The van der Waals surface area contributed by atoms with Crippen molar-refractivity contribution in [3.8, 4) is 0 Å².